The molecule has 0 aliphatic carbocycles. The number of carbonyl (C=O) groups is 7. The number of fused-ring (bicyclic) bond motifs is 1. The van der Waals surface area contributed by atoms with E-state index in [0.717, 1.165) is 25.7 Å². The van der Waals surface area contributed by atoms with E-state index in [-0.39, 0.29) is 28.9 Å². The van der Waals surface area contributed by atoms with Gasteiger partial charge in [-0.3, -0.25) is 28.9 Å². The van der Waals surface area contributed by atoms with Gasteiger partial charge >= 0.3 is 29.8 Å². The summed E-state index contributed by atoms with van der Waals surface area (Å²) in [5.74, 6) is -5.95. The number of hydrogen-bond donors (Lipinski definition) is 0. The van der Waals surface area contributed by atoms with Crippen LogP contribution in [0.1, 0.15) is 69.1 Å². The zero-order chi connectivity index (χ0) is 43.1. The van der Waals surface area contributed by atoms with Crippen LogP contribution in [0.15, 0.2) is 97.6 Å². The van der Waals surface area contributed by atoms with Crippen molar-refractivity contribution in [1.82, 2.24) is 4.90 Å². The third-order valence-electron chi connectivity index (χ3n) is 9.70. The molecule has 2 fully saturated rings. The highest BCUT2D eigenvalue weighted by molar-refractivity contribution is 6.21. The lowest BCUT2D eigenvalue weighted by atomic mass is 9.93. The predicted octanol–water partition coefficient (Wildman–Crippen LogP) is 3.59. The van der Waals surface area contributed by atoms with Gasteiger partial charge in [0.1, 0.15) is 24.9 Å². The number of benzene rings is 3. The summed E-state index contributed by atoms with van der Waals surface area (Å²) in [5.41, 5.74) is 0.255. The Hall–Kier alpha value is -6.27. The van der Waals surface area contributed by atoms with Gasteiger partial charge in [-0.25, -0.2) is 9.59 Å². The van der Waals surface area contributed by atoms with E-state index in [1.54, 1.807) is 55.5 Å². The van der Waals surface area contributed by atoms with Gasteiger partial charge in [-0.05, 0) is 43.3 Å². The molecule has 3 aromatic rings. The second kappa shape index (κ2) is 19.2. The van der Waals surface area contributed by atoms with Gasteiger partial charge in [0.25, 0.3) is 11.8 Å². The van der Waals surface area contributed by atoms with Crippen LogP contribution in [0.2, 0.25) is 0 Å². The number of amides is 2. The molecule has 6 rings (SSSR count). The summed E-state index contributed by atoms with van der Waals surface area (Å²) < 4.78 is 54.1. The number of hydrogen-bond acceptors (Lipinski definition) is 16. The average Bonchev–Trinajstić information content (AvgIpc) is 3.48. The molecule has 0 N–H and O–H groups in total. The summed E-state index contributed by atoms with van der Waals surface area (Å²) in [6.45, 7) is 7.76. The van der Waals surface area contributed by atoms with Gasteiger partial charge < -0.3 is 42.6 Å². The molecule has 3 aliphatic heterocycles. The maximum atomic E-state index is 14.2. The maximum Gasteiger partial charge on any atom is 0.338 e. The summed E-state index contributed by atoms with van der Waals surface area (Å²) >= 11 is 0. The smallest absolute Gasteiger partial charge is 0.338 e. The van der Waals surface area contributed by atoms with Gasteiger partial charge in [0.15, 0.2) is 37.0 Å². The number of rotatable bonds is 14. The van der Waals surface area contributed by atoms with Gasteiger partial charge in [-0.2, -0.15) is 0 Å². The number of carbonyl (C=O) groups excluding carboxylic acids is 7. The molecule has 0 radical (unpaired) electrons. The lowest BCUT2D eigenvalue weighted by Gasteiger charge is -2.50. The van der Waals surface area contributed by atoms with E-state index in [2.05, 4.69) is 6.58 Å². The summed E-state index contributed by atoms with van der Waals surface area (Å²) in [5, 5.41) is 0. The van der Waals surface area contributed by atoms with Crippen LogP contribution in [-0.2, 0) is 57.0 Å². The molecule has 3 aromatic carbocycles. The normalized spacial score (nSPS) is 27.2. The van der Waals surface area contributed by atoms with Gasteiger partial charge in [0.2, 0.25) is 0 Å². The Bertz CT molecular complexity index is 2060. The van der Waals surface area contributed by atoms with Gasteiger partial charge in [-0.1, -0.05) is 54.6 Å². The first kappa shape index (κ1) is 43.3. The monoisotopic (exact) mass is 829 g/mol. The predicted molar refractivity (Wildman–Crippen MR) is 204 cm³/mol. The molecular formula is C43H43NO16. The van der Waals surface area contributed by atoms with Crippen molar-refractivity contribution in [2.75, 3.05) is 13.2 Å². The van der Waals surface area contributed by atoms with Gasteiger partial charge in [0.05, 0.1) is 35.0 Å². The summed E-state index contributed by atoms with van der Waals surface area (Å²) in [4.78, 5) is 94.4. The van der Waals surface area contributed by atoms with Crippen molar-refractivity contribution in [2.45, 2.75) is 89.0 Å². The van der Waals surface area contributed by atoms with Crippen molar-refractivity contribution in [2.24, 2.45) is 0 Å². The molecular weight excluding hydrogens is 786 g/mol. The lowest BCUT2D eigenvalue weighted by molar-refractivity contribution is -0.345. The van der Waals surface area contributed by atoms with Crippen molar-refractivity contribution < 1.29 is 76.2 Å². The van der Waals surface area contributed by atoms with E-state index < -0.39 is 110 Å². The lowest BCUT2D eigenvalue weighted by Crippen LogP contribution is -2.70. The Balaban J connectivity index is 1.51. The fourth-order valence-electron chi connectivity index (χ4n) is 7.15. The van der Waals surface area contributed by atoms with E-state index in [9.17, 15) is 33.6 Å². The maximum absolute atomic E-state index is 14.2. The molecule has 2 amide bonds. The molecule has 0 aromatic heterocycles. The van der Waals surface area contributed by atoms with Crippen molar-refractivity contribution in [3.8, 4) is 0 Å². The average molecular weight is 830 g/mol. The van der Waals surface area contributed by atoms with Crippen LogP contribution in [0, 0.1) is 0 Å². The third-order valence-corrected chi connectivity index (χ3v) is 9.70. The van der Waals surface area contributed by atoms with Gasteiger partial charge in [-0.15, -0.1) is 6.58 Å². The quantitative estimate of drug-likeness (QED) is 0.0985. The molecule has 0 bridgehead atoms. The minimum Gasteiger partial charge on any atom is -0.463 e. The Morgan fingerprint density at radius 1 is 0.633 bits per heavy atom. The first-order chi connectivity index (χ1) is 28.8. The SMILES string of the molecule is C=CCO[C@@H]1O[C@@H](C)[C@@H](OC(=O)c2ccccc2)[C@@H](O[C@@H]2O[C@H](COC(C)=O)[C@@H](OC(C)=O)[C@H](OC(C)=O)[C@H]2N2C(=O)c3ccccc3C2=O)[C@@H]1OC(=O)c1ccccc1. The second-order valence-electron chi connectivity index (χ2n) is 13.9. The zero-order valence-corrected chi connectivity index (χ0v) is 33.0. The Kier molecular flexibility index (Phi) is 13.9. The molecule has 60 heavy (non-hydrogen) atoms. The Morgan fingerprint density at radius 2 is 1.15 bits per heavy atom. The molecule has 0 spiro atoms. The molecule has 10 atom stereocenters. The molecule has 316 valence electrons. The van der Waals surface area contributed by atoms with Crippen LogP contribution in [0.3, 0.4) is 0 Å². The van der Waals surface area contributed by atoms with E-state index in [1.807, 2.05) is 0 Å². The molecule has 2 saturated heterocycles. The summed E-state index contributed by atoms with van der Waals surface area (Å²) in [6.07, 6.45) is -12.4. The number of esters is 5. The number of nitrogens with zero attached hydrogens (tertiary/aromatic N) is 1. The molecule has 3 heterocycles. The molecule has 17 nitrogen and oxygen atoms in total. The second-order valence-corrected chi connectivity index (χ2v) is 13.9. The first-order valence-corrected chi connectivity index (χ1v) is 18.9. The van der Waals surface area contributed by atoms with Crippen LogP contribution < -0.4 is 0 Å². The van der Waals surface area contributed by atoms with Crippen molar-refractivity contribution in [1.29, 1.82) is 0 Å². The molecule has 0 unspecified atom stereocenters. The minimum atomic E-state index is -1.89. The molecule has 17 heteroatoms. The highest BCUT2D eigenvalue weighted by atomic mass is 16.8. The number of ether oxygens (including phenoxy) is 9. The highest BCUT2D eigenvalue weighted by Crippen LogP contribution is 2.39. The van der Waals surface area contributed by atoms with E-state index in [0.29, 0.717) is 0 Å². The van der Waals surface area contributed by atoms with Crippen LogP contribution in [-0.4, -0.2) is 121 Å². The van der Waals surface area contributed by atoms with E-state index in [1.165, 1.54) is 42.5 Å². The topological polar surface area (TPSA) is 206 Å². The van der Waals surface area contributed by atoms with Crippen LogP contribution in [0.25, 0.3) is 0 Å². The van der Waals surface area contributed by atoms with Crippen LogP contribution in [0.4, 0.5) is 0 Å². The number of imide groups is 1. The fraction of sp³-hybridized carbons (Fsp3) is 0.372. The Labute approximate surface area is 344 Å². The van der Waals surface area contributed by atoms with Crippen molar-refractivity contribution in [3.63, 3.8) is 0 Å². The standard InChI is InChI=1S/C43H43NO16/c1-6-21-52-43-37(59-41(51)28-17-11-8-12-18-28)36(33(23(2)54-43)58-40(50)27-15-9-7-10-16-27)60-42-32(44-38(48)29-19-13-14-20-30(29)39(44)49)35(56-26(5)47)34(55-25(4)46)31(57-42)22-53-24(3)45/h6-20,23,31-37,42-43H,1,21-22H2,2-5H3/t23-,31+,32+,33+,34+,35+,36+,37-,42-,43+/m0/s1. The molecule has 0 saturated carbocycles. The van der Waals surface area contributed by atoms with E-state index >= 15 is 0 Å². The highest BCUT2D eigenvalue weighted by Gasteiger charge is 2.60. The van der Waals surface area contributed by atoms with Crippen molar-refractivity contribution >= 4 is 41.7 Å². The van der Waals surface area contributed by atoms with Crippen molar-refractivity contribution in [3.05, 3.63) is 120 Å². The zero-order valence-electron chi connectivity index (χ0n) is 33.0. The minimum absolute atomic E-state index is 0.00388. The van der Waals surface area contributed by atoms with Crippen LogP contribution in [0.5, 0.6) is 0 Å². The van der Waals surface area contributed by atoms with Gasteiger partial charge in [0, 0.05) is 20.8 Å². The fourth-order valence-corrected chi connectivity index (χ4v) is 7.15. The Morgan fingerprint density at radius 3 is 1.67 bits per heavy atom. The van der Waals surface area contributed by atoms with E-state index in [4.69, 9.17) is 42.6 Å². The summed E-state index contributed by atoms with van der Waals surface area (Å²) in [6, 6.07) is 20.0. The van der Waals surface area contributed by atoms with Crippen LogP contribution >= 0.6 is 0 Å². The molecule has 3 aliphatic rings. The first-order valence-electron chi connectivity index (χ1n) is 18.9. The largest absolute Gasteiger partial charge is 0.463 e. The third kappa shape index (κ3) is 9.61. The summed E-state index contributed by atoms with van der Waals surface area (Å²) in [7, 11) is 0.